The summed E-state index contributed by atoms with van der Waals surface area (Å²) in [6.07, 6.45) is 9.36. The van der Waals surface area contributed by atoms with Crippen molar-refractivity contribution in [2.24, 2.45) is 16.7 Å². The number of fused-ring (bicyclic) bond motifs is 6. The lowest BCUT2D eigenvalue weighted by molar-refractivity contribution is -0.225. The summed E-state index contributed by atoms with van der Waals surface area (Å²) in [6, 6.07) is 6.68. The zero-order chi connectivity index (χ0) is 17.3. The monoisotopic (exact) mass is 452 g/mol. The normalized spacial score (nSPS) is 40.6. The lowest BCUT2D eigenvalue weighted by atomic mass is 9.47. The topological polar surface area (TPSA) is 27.7 Å². The van der Waals surface area contributed by atoms with Crippen molar-refractivity contribution >= 4 is 23.0 Å². The van der Waals surface area contributed by atoms with Crippen LogP contribution in [0.5, 0.6) is 5.75 Å². The Morgan fingerprint density at radius 1 is 1.16 bits per heavy atom. The highest BCUT2D eigenvalue weighted by molar-refractivity contribution is 14.1. The van der Waals surface area contributed by atoms with Crippen molar-refractivity contribution in [2.75, 3.05) is 13.2 Å². The van der Waals surface area contributed by atoms with Crippen LogP contribution < -0.4 is 3.07 Å². The highest BCUT2D eigenvalue weighted by atomic mass is 127. The molecule has 1 heterocycles. The molecule has 0 bridgehead atoms. The van der Waals surface area contributed by atoms with E-state index in [1.165, 1.54) is 24.0 Å². The lowest BCUT2D eigenvalue weighted by Gasteiger charge is -2.58. The average Bonchev–Trinajstić information content (AvgIpc) is 3.21. The summed E-state index contributed by atoms with van der Waals surface area (Å²) >= 11 is 1.97. The second kappa shape index (κ2) is 5.46. The number of ether oxygens (including phenoxy) is 2. The fourth-order valence-electron chi connectivity index (χ4n) is 6.40. The third-order valence-electron chi connectivity index (χ3n) is 7.68. The minimum Gasteiger partial charge on any atom is -0.428 e. The Labute approximate surface area is 163 Å². The molecule has 1 saturated heterocycles. The predicted molar refractivity (Wildman–Crippen MR) is 105 cm³/mol. The summed E-state index contributed by atoms with van der Waals surface area (Å²) in [5.74, 6) is 1.60. The van der Waals surface area contributed by atoms with E-state index < -0.39 is 5.79 Å². The highest BCUT2D eigenvalue weighted by Gasteiger charge is 2.66. The maximum atomic E-state index is 6.17. The summed E-state index contributed by atoms with van der Waals surface area (Å²) < 4.78 is 17.8. The molecule has 3 aliphatic carbocycles. The summed E-state index contributed by atoms with van der Waals surface area (Å²) in [5, 5.41) is 0. The molecule has 0 radical (unpaired) electrons. The van der Waals surface area contributed by atoms with Gasteiger partial charge in [0.2, 0.25) is 0 Å². The molecule has 0 amide bonds. The van der Waals surface area contributed by atoms with Crippen LogP contribution >= 0.6 is 23.0 Å². The van der Waals surface area contributed by atoms with E-state index in [1.54, 1.807) is 0 Å². The molecule has 1 aromatic carbocycles. The van der Waals surface area contributed by atoms with Gasteiger partial charge in [0.25, 0.3) is 0 Å². The van der Waals surface area contributed by atoms with Crippen molar-refractivity contribution < 1.29 is 12.5 Å². The van der Waals surface area contributed by atoms with Crippen LogP contribution in [-0.2, 0) is 15.9 Å². The molecule has 0 N–H and O–H groups in total. The molecule has 3 nitrogen and oxygen atoms in total. The van der Waals surface area contributed by atoms with Crippen molar-refractivity contribution in [1.29, 1.82) is 0 Å². The number of benzene rings is 1. The summed E-state index contributed by atoms with van der Waals surface area (Å²) in [7, 11) is 0. The second-order valence-electron chi connectivity index (χ2n) is 8.65. The molecule has 1 spiro atoms. The first kappa shape index (κ1) is 16.6. The van der Waals surface area contributed by atoms with Crippen LogP contribution in [0.3, 0.4) is 0 Å². The molecule has 25 heavy (non-hydrogen) atoms. The number of halogens is 1. The second-order valence-corrected chi connectivity index (χ2v) is 9.09. The molecule has 0 unspecified atom stereocenters. The van der Waals surface area contributed by atoms with Gasteiger partial charge in [0.1, 0.15) is 5.75 Å². The molecule has 1 aliphatic heterocycles. The van der Waals surface area contributed by atoms with Crippen LogP contribution in [0.4, 0.5) is 0 Å². The maximum absolute atomic E-state index is 6.17. The van der Waals surface area contributed by atoms with Crippen molar-refractivity contribution in [3.63, 3.8) is 0 Å². The van der Waals surface area contributed by atoms with Crippen LogP contribution in [0.2, 0.25) is 0 Å². The minimum absolute atomic E-state index is 0.0531. The number of rotatable bonds is 1. The van der Waals surface area contributed by atoms with E-state index in [4.69, 9.17) is 12.5 Å². The van der Waals surface area contributed by atoms with Gasteiger partial charge in [-0.25, -0.2) is 0 Å². The Balaban J connectivity index is 1.56. The highest BCUT2D eigenvalue weighted by Crippen LogP contribution is 2.68. The smallest absolute Gasteiger partial charge is 0.194 e. The van der Waals surface area contributed by atoms with Crippen molar-refractivity contribution in [2.45, 2.75) is 51.2 Å². The number of hydrogen-bond acceptors (Lipinski definition) is 3. The molecular formula is C21H25IO3. The fourth-order valence-corrected chi connectivity index (χ4v) is 6.67. The first-order chi connectivity index (χ1) is 12.0. The quantitative estimate of drug-likeness (QED) is 0.434. The third-order valence-corrected chi connectivity index (χ3v) is 8.19. The Bertz CT molecular complexity index is 739. The first-order valence-electron chi connectivity index (χ1n) is 9.41. The maximum Gasteiger partial charge on any atom is 0.194 e. The molecule has 4 atom stereocenters. The molecule has 2 fully saturated rings. The molecule has 4 heteroatoms. The molecule has 1 aromatic rings. The zero-order valence-electron chi connectivity index (χ0n) is 14.9. The van der Waals surface area contributed by atoms with Gasteiger partial charge >= 0.3 is 0 Å². The van der Waals surface area contributed by atoms with Crippen LogP contribution in [0.1, 0.15) is 50.2 Å². The summed E-state index contributed by atoms with van der Waals surface area (Å²) in [6.45, 7) is 6.33. The number of allylic oxidation sites excluding steroid dienone is 1. The van der Waals surface area contributed by atoms with E-state index in [0.29, 0.717) is 25.0 Å². The van der Waals surface area contributed by atoms with Gasteiger partial charge in [0.15, 0.2) is 28.8 Å². The van der Waals surface area contributed by atoms with Gasteiger partial charge in [-0.05, 0) is 72.3 Å². The Kier molecular flexibility index (Phi) is 3.62. The van der Waals surface area contributed by atoms with Gasteiger partial charge in [-0.1, -0.05) is 26.0 Å². The minimum atomic E-state index is -0.481. The Morgan fingerprint density at radius 2 is 1.96 bits per heavy atom. The van der Waals surface area contributed by atoms with Gasteiger partial charge in [-0.15, -0.1) is 0 Å². The number of aryl methyl sites for hydroxylation is 1. The zero-order valence-corrected chi connectivity index (χ0v) is 17.0. The molecule has 1 saturated carbocycles. The van der Waals surface area contributed by atoms with Crippen LogP contribution in [0.15, 0.2) is 30.4 Å². The van der Waals surface area contributed by atoms with E-state index in [2.05, 4.69) is 44.2 Å². The molecular weight excluding hydrogens is 427 g/mol. The predicted octanol–water partition coefficient (Wildman–Crippen LogP) is 5.18. The van der Waals surface area contributed by atoms with E-state index in [-0.39, 0.29) is 10.8 Å². The van der Waals surface area contributed by atoms with Crippen LogP contribution in [0, 0.1) is 16.7 Å². The van der Waals surface area contributed by atoms with Crippen LogP contribution in [-0.4, -0.2) is 19.0 Å². The third kappa shape index (κ3) is 2.05. The van der Waals surface area contributed by atoms with Gasteiger partial charge < -0.3 is 12.5 Å². The molecule has 0 aromatic heterocycles. The SMILES string of the molecule is C[C@@]12CCc3cc(OI)ccc3[C@H]1CC[C@@]1(C)[C@H]2C=CC12OCCO2. The van der Waals surface area contributed by atoms with E-state index >= 15 is 0 Å². The van der Waals surface area contributed by atoms with Crippen molar-refractivity contribution in [3.05, 3.63) is 41.5 Å². The molecule has 5 rings (SSSR count). The lowest BCUT2D eigenvalue weighted by Crippen LogP contribution is -2.55. The van der Waals surface area contributed by atoms with E-state index in [1.807, 2.05) is 23.0 Å². The Morgan fingerprint density at radius 3 is 2.72 bits per heavy atom. The molecule has 134 valence electrons. The van der Waals surface area contributed by atoms with Crippen molar-refractivity contribution in [3.8, 4) is 5.75 Å². The van der Waals surface area contributed by atoms with Gasteiger partial charge in [0, 0.05) is 5.41 Å². The fraction of sp³-hybridized carbons (Fsp3) is 0.619. The van der Waals surface area contributed by atoms with Gasteiger partial charge in [-0.2, -0.15) is 0 Å². The van der Waals surface area contributed by atoms with Crippen molar-refractivity contribution in [1.82, 2.24) is 0 Å². The summed E-state index contributed by atoms with van der Waals surface area (Å²) in [5.41, 5.74) is 3.33. The molecule has 4 aliphatic rings. The standard InChI is InChI=1S/C21H25IO3/c1-19-8-5-14-13-15(25-22)3-4-16(14)17(19)6-9-20(2)18(19)7-10-21(20)23-11-12-24-21/h3-4,7,10,13,17-18H,5-6,8-9,11-12H2,1-2H3/t17-,18+,19-,20+/m1/s1. The van der Waals surface area contributed by atoms with Crippen LogP contribution in [0.25, 0.3) is 0 Å². The summed E-state index contributed by atoms with van der Waals surface area (Å²) in [4.78, 5) is 0. The van der Waals surface area contributed by atoms with Gasteiger partial charge in [-0.3, -0.25) is 0 Å². The first-order valence-corrected chi connectivity index (χ1v) is 10.3. The largest absolute Gasteiger partial charge is 0.428 e. The Hall–Kier alpha value is -0.590. The van der Waals surface area contributed by atoms with Gasteiger partial charge in [0.05, 0.1) is 13.2 Å². The number of hydrogen-bond donors (Lipinski definition) is 0. The average molecular weight is 452 g/mol. The van der Waals surface area contributed by atoms with E-state index in [0.717, 1.165) is 18.6 Å². The van der Waals surface area contributed by atoms with E-state index in [9.17, 15) is 0 Å².